The normalized spacial score (nSPS) is 17.7. The molecule has 1 fully saturated rings. The summed E-state index contributed by atoms with van der Waals surface area (Å²) < 4.78 is 1.14. The molecule has 1 saturated carbocycles. The van der Waals surface area contributed by atoms with E-state index < -0.39 is 0 Å². The lowest BCUT2D eigenvalue weighted by molar-refractivity contribution is 0.551. The summed E-state index contributed by atoms with van der Waals surface area (Å²) in [5.41, 5.74) is 7.46. The largest absolute Gasteiger partial charge is 0.327 e. The van der Waals surface area contributed by atoms with Crippen molar-refractivity contribution in [2.24, 2.45) is 11.7 Å². The van der Waals surface area contributed by atoms with E-state index >= 15 is 0 Å². The second-order valence-electron chi connectivity index (χ2n) is 4.61. The van der Waals surface area contributed by atoms with Crippen LogP contribution in [0.25, 0.3) is 0 Å². The van der Waals surface area contributed by atoms with Crippen molar-refractivity contribution in [2.45, 2.75) is 38.1 Å². The quantitative estimate of drug-likeness (QED) is 0.868. The first-order valence-corrected chi connectivity index (χ1v) is 6.53. The molecule has 0 saturated heterocycles. The maximum absolute atomic E-state index is 6.11. The van der Waals surface area contributed by atoms with Gasteiger partial charge in [0, 0.05) is 10.5 Å². The summed E-state index contributed by atoms with van der Waals surface area (Å²) in [6, 6.07) is 8.82. The zero-order valence-electron chi connectivity index (χ0n) is 8.95. The fourth-order valence-electron chi connectivity index (χ4n) is 1.88. The lowest BCUT2D eigenvalue weighted by Gasteiger charge is -2.11. The third-order valence-electron chi connectivity index (χ3n) is 3.05. The average Bonchev–Trinajstić information content (AvgIpc) is 3.02. The van der Waals surface area contributed by atoms with Crippen molar-refractivity contribution >= 4 is 15.9 Å². The smallest absolute Gasteiger partial charge is 0.0175 e. The van der Waals surface area contributed by atoms with Crippen molar-refractivity contribution in [3.8, 4) is 0 Å². The second-order valence-corrected chi connectivity index (χ2v) is 5.53. The first-order valence-electron chi connectivity index (χ1n) is 5.74. The Balaban J connectivity index is 1.76. The molecule has 15 heavy (non-hydrogen) atoms. The van der Waals surface area contributed by atoms with E-state index in [-0.39, 0.29) is 0 Å². The predicted molar refractivity (Wildman–Crippen MR) is 67.8 cm³/mol. The molecule has 0 bridgehead atoms. The van der Waals surface area contributed by atoms with Crippen molar-refractivity contribution in [1.29, 1.82) is 0 Å². The highest BCUT2D eigenvalue weighted by Crippen LogP contribution is 2.33. The molecule has 1 atom stereocenters. The Morgan fingerprint density at radius 3 is 2.53 bits per heavy atom. The van der Waals surface area contributed by atoms with Gasteiger partial charge >= 0.3 is 0 Å². The molecule has 2 heteroatoms. The fourth-order valence-corrected chi connectivity index (χ4v) is 2.15. The molecule has 0 amide bonds. The zero-order valence-corrected chi connectivity index (χ0v) is 10.5. The van der Waals surface area contributed by atoms with Crippen LogP contribution in [-0.2, 0) is 6.42 Å². The molecule has 0 aliphatic heterocycles. The van der Waals surface area contributed by atoms with E-state index in [2.05, 4.69) is 40.2 Å². The molecule has 0 aromatic heterocycles. The van der Waals surface area contributed by atoms with Gasteiger partial charge in [-0.15, -0.1) is 0 Å². The van der Waals surface area contributed by atoms with Crippen LogP contribution < -0.4 is 5.73 Å². The number of halogens is 1. The summed E-state index contributed by atoms with van der Waals surface area (Å²) in [4.78, 5) is 0. The standard InChI is InChI=1S/C13H18BrN/c14-12-6-3-11(4-7-12)9-13(15)8-5-10-1-2-10/h3-4,6-7,10,13H,1-2,5,8-9,15H2. The lowest BCUT2D eigenvalue weighted by atomic mass is 10.0. The minimum absolute atomic E-state index is 0.340. The average molecular weight is 268 g/mol. The molecule has 1 aliphatic rings. The van der Waals surface area contributed by atoms with E-state index in [1.165, 1.54) is 31.2 Å². The van der Waals surface area contributed by atoms with Crippen LogP contribution in [0.4, 0.5) is 0 Å². The number of nitrogens with two attached hydrogens (primary N) is 1. The Hall–Kier alpha value is -0.340. The van der Waals surface area contributed by atoms with E-state index in [1.807, 2.05) is 0 Å². The Morgan fingerprint density at radius 2 is 1.93 bits per heavy atom. The van der Waals surface area contributed by atoms with E-state index in [1.54, 1.807) is 0 Å². The topological polar surface area (TPSA) is 26.0 Å². The molecule has 0 spiro atoms. The van der Waals surface area contributed by atoms with Crippen LogP contribution >= 0.6 is 15.9 Å². The third-order valence-corrected chi connectivity index (χ3v) is 3.58. The number of hydrogen-bond donors (Lipinski definition) is 1. The van der Waals surface area contributed by atoms with Crippen molar-refractivity contribution in [3.05, 3.63) is 34.3 Å². The summed E-state index contributed by atoms with van der Waals surface area (Å²) in [6.45, 7) is 0. The molecule has 82 valence electrons. The van der Waals surface area contributed by atoms with Gasteiger partial charge in [-0.25, -0.2) is 0 Å². The van der Waals surface area contributed by atoms with E-state index in [0.717, 1.165) is 16.8 Å². The van der Waals surface area contributed by atoms with E-state index in [0.29, 0.717) is 6.04 Å². The molecule has 0 radical (unpaired) electrons. The molecule has 1 aromatic rings. The maximum atomic E-state index is 6.11. The monoisotopic (exact) mass is 267 g/mol. The molecule has 1 aliphatic carbocycles. The summed E-state index contributed by atoms with van der Waals surface area (Å²) in [7, 11) is 0. The summed E-state index contributed by atoms with van der Waals surface area (Å²) in [5.74, 6) is 1.00. The minimum atomic E-state index is 0.340. The Kier molecular flexibility index (Phi) is 3.81. The molecule has 1 nitrogen and oxygen atoms in total. The fraction of sp³-hybridized carbons (Fsp3) is 0.538. The van der Waals surface area contributed by atoms with Crippen LogP contribution in [0.2, 0.25) is 0 Å². The van der Waals surface area contributed by atoms with Gasteiger partial charge in [0.1, 0.15) is 0 Å². The van der Waals surface area contributed by atoms with E-state index in [4.69, 9.17) is 5.73 Å². The van der Waals surface area contributed by atoms with Gasteiger partial charge in [0.15, 0.2) is 0 Å². The highest BCUT2D eigenvalue weighted by molar-refractivity contribution is 9.10. The zero-order chi connectivity index (χ0) is 10.7. The van der Waals surface area contributed by atoms with Crippen LogP contribution in [-0.4, -0.2) is 6.04 Å². The van der Waals surface area contributed by atoms with Gasteiger partial charge in [-0.1, -0.05) is 40.9 Å². The number of rotatable bonds is 5. The summed E-state index contributed by atoms with van der Waals surface area (Å²) in [5, 5.41) is 0. The molecule has 2 rings (SSSR count). The Labute approximate surface area is 100 Å². The summed E-state index contributed by atoms with van der Waals surface area (Å²) in [6.07, 6.45) is 6.40. The van der Waals surface area contributed by atoms with Gasteiger partial charge in [-0.3, -0.25) is 0 Å². The van der Waals surface area contributed by atoms with Crippen LogP contribution in [0, 0.1) is 5.92 Å². The van der Waals surface area contributed by atoms with Gasteiger partial charge in [0.2, 0.25) is 0 Å². The molecule has 2 N–H and O–H groups in total. The van der Waals surface area contributed by atoms with Crippen molar-refractivity contribution in [2.75, 3.05) is 0 Å². The van der Waals surface area contributed by atoms with Crippen LogP contribution in [0.15, 0.2) is 28.7 Å². The molecular formula is C13H18BrN. The highest BCUT2D eigenvalue weighted by atomic mass is 79.9. The first-order chi connectivity index (χ1) is 7.24. The SMILES string of the molecule is NC(CCC1CC1)Cc1ccc(Br)cc1. The minimum Gasteiger partial charge on any atom is -0.327 e. The number of hydrogen-bond acceptors (Lipinski definition) is 1. The third kappa shape index (κ3) is 3.96. The molecular weight excluding hydrogens is 250 g/mol. The van der Waals surface area contributed by atoms with Crippen molar-refractivity contribution < 1.29 is 0 Å². The van der Waals surface area contributed by atoms with Crippen LogP contribution in [0.3, 0.4) is 0 Å². The van der Waals surface area contributed by atoms with Gasteiger partial charge in [-0.2, -0.15) is 0 Å². The predicted octanol–water partition coefficient (Wildman–Crippen LogP) is 3.51. The Morgan fingerprint density at radius 1 is 1.27 bits per heavy atom. The summed E-state index contributed by atoms with van der Waals surface area (Å²) >= 11 is 3.44. The van der Waals surface area contributed by atoms with Crippen LogP contribution in [0.1, 0.15) is 31.2 Å². The second kappa shape index (κ2) is 5.13. The van der Waals surface area contributed by atoms with Gasteiger partial charge in [-0.05, 0) is 42.9 Å². The van der Waals surface area contributed by atoms with Gasteiger partial charge < -0.3 is 5.73 Å². The van der Waals surface area contributed by atoms with Crippen LogP contribution in [0.5, 0.6) is 0 Å². The molecule has 1 unspecified atom stereocenters. The van der Waals surface area contributed by atoms with E-state index in [9.17, 15) is 0 Å². The maximum Gasteiger partial charge on any atom is 0.0175 e. The Bertz CT molecular complexity index is 303. The van der Waals surface area contributed by atoms with Gasteiger partial charge in [0.25, 0.3) is 0 Å². The number of benzene rings is 1. The highest BCUT2D eigenvalue weighted by Gasteiger charge is 2.21. The van der Waals surface area contributed by atoms with Gasteiger partial charge in [0.05, 0.1) is 0 Å². The first kappa shape index (κ1) is 11.2. The van der Waals surface area contributed by atoms with Crippen molar-refractivity contribution in [3.63, 3.8) is 0 Å². The lowest BCUT2D eigenvalue weighted by Crippen LogP contribution is -2.22. The molecule has 0 heterocycles. The molecule has 1 aromatic carbocycles. The van der Waals surface area contributed by atoms with Crippen molar-refractivity contribution in [1.82, 2.24) is 0 Å².